The number of piperazine rings is 1. The van der Waals surface area contributed by atoms with Crippen molar-refractivity contribution in [2.24, 2.45) is 0 Å². The summed E-state index contributed by atoms with van der Waals surface area (Å²) in [4.78, 5) is 30.8. The fraction of sp³-hybridized carbons (Fsp3) is 0.556. The summed E-state index contributed by atoms with van der Waals surface area (Å²) in [7, 11) is 3.93. The molecular weight excluding hydrogens is 304 g/mol. The molecule has 1 aromatic rings. The van der Waals surface area contributed by atoms with Gasteiger partial charge in [-0.25, -0.2) is 0 Å². The predicted molar refractivity (Wildman–Crippen MR) is 95.3 cm³/mol. The summed E-state index contributed by atoms with van der Waals surface area (Å²) in [6.07, 6.45) is 0. The van der Waals surface area contributed by atoms with Gasteiger partial charge < -0.3 is 20.0 Å². The molecule has 0 bridgehead atoms. The summed E-state index contributed by atoms with van der Waals surface area (Å²) in [5.74, 6) is -0.0577. The van der Waals surface area contributed by atoms with Crippen molar-refractivity contribution in [2.75, 3.05) is 59.9 Å². The van der Waals surface area contributed by atoms with E-state index in [0.29, 0.717) is 17.7 Å². The summed E-state index contributed by atoms with van der Waals surface area (Å²) >= 11 is 0. The van der Waals surface area contributed by atoms with Crippen LogP contribution in [0, 0.1) is 0 Å². The zero-order valence-electron chi connectivity index (χ0n) is 14.9. The van der Waals surface area contributed by atoms with Gasteiger partial charge in [0.2, 0.25) is 0 Å². The molecule has 0 unspecified atom stereocenters. The SMILES string of the molecule is CCN1CCN(C(=O)c2ccc(C(=O)NCCN(C)C)cc2)CC1. The predicted octanol–water partition coefficient (Wildman–Crippen LogP) is 0.756. The van der Waals surface area contributed by atoms with Crippen LogP contribution < -0.4 is 5.32 Å². The summed E-state index contributed by atoms with van der Waals surface area (Å²) in [6, 6.07) is 6.94. The smallest absolute Gasteiger partial charge is 0.253 e. The molecule has 0 aliphatic carbocycles. The molecule has 132 valence electrons. The van der Waals surface area contributed by atoms with Crippen molar-refractivity contribution in [1.29, 1.82) is 0 Å². The van der Waals surface area contributed by atoms with Gasteiger partial charge in [0, 0.05) is 50.4 Å². The van der Waals surface area contributed by atoms with E-state index in [1.165, 1.54) is 0 Å². The normalized spacial score (nSPS) is 15.6. The van der Waals surface area contributed by atoms with Crippen LogP contribution in [0.5, 0.6) is 0 Å². The van der Waals surface area contributed by atoms with Gasteiger partial charge >= 0.3 is 0 Å². The maximum atomic E-state index is 12.5. The van der Waals surface area contributed by atoms with E-state index in [9.17, 15) is 9.59 Å². The van der Waals surface area contributed by atoms with Crippen LogP contribution in [0.2, 0.25) is 0 Å². The van der Waals surface area contributed by atoms with E-state index in [1.54, 1.807) is 24.3 Å². The Labute approximate surface area is 144 Å². The number of nitrogens with one attached hydrogen (secondary N) is 1. The number of hydrogen-bond donors (Lipinski definition) is 1. The molecule has 1 heterocycles. The number of hydrogen-bond acceptors (Lipinski definition) is 4. The monoisotopic (exact) mass is 332 g/mol. The maximum Gasteiger partial charge on any atom is 0.253 e. The minimum absolute atomic E-state index is 0.0466. The molecular formula is C18H28N4O2. The maximum absolute atomic E-state index is 12.5. The van der Waals surface area contributed by atoms with Crippen molar-refractivity contribution in [3.63, 3.8) is 0 Å². The molecule has 1 saturated heterocycles. The third kappa shape index (κ3) is 5.04. The van der Waals surface area contributed by atoms with E-state index >= 15 is 0 Å². The Kier molecular flexibility index (Phi) is 6.75. The van der Waals surface area contributed by atoms with Crippen molar-refractivity contribution < 1.29 is 9.59 Å². The molecule has 1 fully saturated rings. The summed E-state index contributed by atoms with van der Waals surface area (Å²) in [6.45, 7) is 7.95. The molecule has 2 rings (SSSR count). The lowest BCUT2D eigenvalue weighted by Crippen LogP contribution is -2.48. The molecule has 6 heteroatoms. The number of benzene rings is 1. The third-order valence-electron chi connectivity index (χ3n) is 4.35. The second-order valence-electron chi connectivity index (χ2n) is 6.36. The van der Waals surface area contributed by atoms with Crippen molar-refractivity contribution in [3.8, 4) is 0 Å². The van der Waals surface area contributed by atoms with Gasteiger partial charge in [0.1, 0.15) is 0 Å². The fourth-order valence-electron chi connectivity index (χ4n) is 2.71. The van der Waals surface area contributed by atoms with Crippen LogP contribution in [0.25, 0.3) is 0 Å². The Balaban J connectivity index is 1.89. The lowest BCUT2D eigenvalue weighted by atomic mass is 10.1. The molecule has 0 spiro atoms. The summed E-state index contributed by atoms with van der Waals surface area (Å²) < 4.78 is 0. The standard InChI is InChI=1S/C18H28N4O2/c1-4-21-11-13-22(14-12-21)18(24)16-7-5-15(6-8-16)17(23)19-9-10-20(2)3/h5-8H,4,9-14H2,1-3H3,(H,19,23). The molecule has 6 nitrogen and oxygen atoms in total. The first-order chi connectivity index (χ1) is 11.5. The van der Waals surface area contributed by atoms with Gasteiger partial charge in [-0.15, -0.1) is 0 Å². The number of carbonyl (C=O) groups excluding carboxylic acids is 2. The van der Waals surface area contributed by atoms with E-state index in [4.69, 9.17) is 0 Å². The van der Waals surface area contributed by atoms with Crippen LogP contribution in [0.1, 0.15) is 27.6 Å². The second-order valence-corrected chi connectivity index (χ2v) is 6.36. The van der Waals surface area contributed by atoms with Crippen molar-refractivity contribution in [3.05, 3.63) is 35.4 Å². The molecule has 1 aromatic carbocycles. The zero-order chi connectivity index (χ0) is 17.5. The molecule has 0 atom stereocenters. The van der Waals surface area contributed by atoms with Gasteiger partial charge in [-0.3, -0.25) is 9.59 Å². The van der Waals surface area contributed by atoms with E-state index in [2.05, 4.69) is 17.1 Å². The highest BCUT2D eigenvalue weighted by molar-refractivity contribution is 5.97. The van der Waals surface area contributed by atoms with E-state index in [0.717, 1.165) is 39.3 Å². The Morgan fingerprint density at radius 2 is 1.62 bits per heavy atom. The Morgan fingerprint density at radius 1 is 1.04 bits per heavy atom. The minimum atomic E-state index is -0.104. The molecule has 2 amide bonds. The number of rotatable bonds is 6. The second kappa shape index (κ2) is 8.80. The quantitative estimate of drug-likeness (QED) is 0.835. The third-order valence-corrected chi connectivity index (χ3v) is 4.35. The first-order valence-corrected chi connectivity index (χ1v) is 8.56. The number of likely N-dealkylation sites (N-methyl/N-ethyl adjacent to an activating group) is 2. The average molecular weight is 332 g/mol. The highest BCUT2D eigenvalue weighted by atomic mass is 16.2. The molecule has 1 aliphatic rings. The van der Waals surface area contributed by atoms with Crippen LogP contribution >= 0.6 is 0 Å². The van der Waals surface area contributed by atoms with Crippen molar-refractivity contribution in [2.45, 2.75) is 6.92 Å². The Hall–Kier alpha value is -1.92. The van der Waals surface area contributed by atoms with Crippen LogP contribution in [0.4, 0.5) is 0 Å². The largest absolute Gasteiger partial charge is 0.351 e. The van der Waals surface area contributed by atoms with E-state index in [1.807, 2.05) is 23.9 Å². The molecule has 0 aromatic heterocycles. The zero-order valence-corrected chi connectivity index (χ0v) is 14.9. The molecule has 0 radical (unpaired) electrons. The van der Waals surface area contributed by atoms with Gasteiger partial charge in [0.05, 0.1) is 0 Å². The van der Waals surface area contributed by atoms with Gasteiger partial charge in [0.15, 0.2) is 0 Å². The van der Waals surface area contributed by atoms with Gasteiger partial charge in [0.25, 0.3) is 11.8 Å². The lowest BCUT2D eigenvalue weighted by molar-refractivity contribution is 0.0643. The Morgan fingerprint density at radius 3 is 2.17 bits per heavy atom. The fourth-order valence-corrected chi connectivity index (χ4v) is 2.71. The minimum Gasteiger partial charge on any atom is -0.351 e. The first-order valence-electron chi connectivity index (χ1n) is 8.56. The Bertz CT molecular complexity index is 549. The lowest BCUT2D eigenvalue weighted by Gasteiger charge is -2.34. The summed E-state index contributed by atoms with van der Waals surface area (Å²) in [5.41, 5.74) is 1.23. The van der Waals surface area contributed by atoms with Crippen LogP contribution in [0.15, 0.2) is 24.3 Å². The topological polar surface area (TPSA) is 55.9 Å². The number of amides is 2. The van der Waals surface area contributed by atoms with Crippen molar-refractivity contribution in [1.82, 2.24) is 20.0 Å². The average Bonchev–Trinajstić information content (AvgIpc) is 2.61. The van der Waals surface area contributed by atoms with Crippen LogP contribution in [0.3, 0.4) is 0 Å². The van der Waals surface area contributed by atoms with E-state index in [-0.39, 0.29) is 11.8 Å². The van der Waals surface area contributed by atoms with Crippen LogP contribution in [-0.2, 0) is 0 Å². The highest BCUT2D eigenvalue weighted by Crippen LogP contribution is 2.10. The van der Waals surface area contributed by atoms with Crippen molar-refractivity contribution >= 4 is 11.8 Å². The molecule has 1 aliphatic heterocycles. The molecule has 24 heavy (non-hydrogen) atoms. The van der Waals surface area contributed by atoms with Gasteiger partial charge in [-0.1, -0.05) is 6.92 Å². The molecule has 1 N–H and O–H groups in total. The summed E-state index contributed by atoms with van der Waals surface area (Å²) in [5, 5.41) is 2.87. The highest BCUT2D eigenvalue weighted by Gasteiger charge is 2.21. The van der Waals surface area contributed by atoms with Gasteiger partial charge in [-0.05, 0) is 44.9 Å². The van der Waals surface area contributed by atoms with Crippen LogP contribution in [-0.4, -0.2) is 86.4 Å². The first kappa shape index (κ1) is 18.4. The van der Waals surface area contributed by atoms with Gasteiger partial charge in [-0.2, -0.15) is 0 Å². The molecule has 0 saturated carbocycles. The number of carbonyl (C=O) groups is 2. The number of nitrogens with zero attached hydrogens (tertiary/aromatic N) is 3. The van der Waals surface area contributed by atoms with E-state index < -0.39 is 0 Å².